The third-order valence-electron chi connectivity index (χ3n) is 2.09. The fourth-order valence-electron chi connectivity index (χ4n) is 1.00. The number of hydrogen-bond acceptors (Lipinski definition) is 3. The average molecular weight is 234 g/mol. The predicted octanol–water partition coefficient (Wildman–Crippen LogP) is 1.93. The number of nitrogens with zero attached hydrogens (tertiary/aromatic N) is 1. The Morgan fingerprint density at radius 1 is 1.50 bits per heavy atom. The third-order valence-corrected chi connectivity index (χ3v) is 2.09. The summed E-state index contributed by atoms with van der Waals surface area (Å²) in [4.78, 5) is 12.9. The fraction of sp³-hybridized carbons (Fsp3) is 0.909. The highest BCUT2D eigenvalue weighted by Gasteiger charge is 2.20. The smallest absolute Gasteiger partial charge is 0.410 e. The lowest BCUT2D eigenvalue weighted by Crippen LogP contribution is -2.38. The molecule has 0 aliphatic heterocycles. The highest BCUT2D eigenvalue weighted by Crippen LogP contribution is 2.09. The van der Waals surface area contributed by atoms with Gasteiger partial charge in [-0.2, -0.15) is 0 Å². The van der Waals surface area contributed by atoms with Crippen molar-refractivity contribution < 1.29 is 13.9 Å². The molecule has 2 atom stereocenters. The van der Waals surface area contributed by atoms with Crippen molar-refractivity contribution in [1.82, 2.24) is 4.90 Å². The summed E-state index contributed by atoms with van der Waals surface area (Å²) in [6, 6.07) is -0.537. The van der Waals surface area contributed by atoms with Crippen LogP contribution in [0.4, 0.5) is 9.18 Å². The summed E-state index contributed by atoms with van der Waals surface area (Å²) in [5.74, 6) is 0. The molecule has 16 heavy (non-hydrogen) atoms. The van der Waals surface area contributed by atoms with Crippen molar-refractivity contribution in [3.8, 4) is 0 Å². The lowest BCUT2D eigenvalue weighted by atomic mass is 10.1. The molecule has 96 valence electrons. The molecule has 0 saturated carbocycles. The van der Waals surface area contributed by atoms with E-state index >= 15 is 0 Å². The highest BCUT2D eigenvalue weighted by molar-refractivity contribution is 5.67. The number of carbonyl (C=O) groups is 1. The van der Waals surface area contributed by atoms with Crippen LogP contribution in [-0.2, 0) is 4.74 Å². The van der Waals surface area contributed by atoms with Crippen LogP contribution >= 0.6 is 0 Å². The van der Waals surface area contributed by atoms with Gasteiger partial charge < -0.3 is 15.4 Å². The molecule has 0 aliphatic rings. The lowest BCUT2D eigenvalue weighted by molar-refractivity contribution is 0.0291. The van der Waals surface area contributed by atoms with Crippen LogP contribution in [0, 0.1) is 0 Å². The van der Waals surface area contributed by atoms with Crippen LogP contribution in [0.15, 0.2) is 0 Å². The molecule has 0 aromatic rings. The predicted molar refractivity (Wildman–Crippen MR) is 62.0 cm³/mol. The van der Waals surface area contributed by atoms with Gasteiger partial charge in [-0.3, -0.25) is 0 Å². The van der Waals surface area contributed by atoms with Crippen molar-refractivity contribution >= 4 is 6.09 Å². The Balaban J connectivity index is 3.98. The number of ether oxygens (including phenoxy) is 1. The number of alkyl halides is 1. The highest BCUT2D eigenvalue weighted by atomic mass is 19.1. The van der Waals surface area contributed by atoms with Crippen LogP contribution in [0.5, 0.6) is 0 Å². The van der Waals surface area contributed by atoms with Crippen LogP contribution in [0.25, 0.3) is 0 Å². The summed E-state index contributed by atoms with van der Waals surface area (Å²) >= 11 is 0. The second-order valence-corrected chi connectivity index (χ2v) is 5.03. The Morgan fingerprint density at radius 3 is 2.38 bits per heavy atom. The van der Waals surface area contributed by atoms with E-state index in [4.69, 9.17) is 10.5 Å². The van der Waals surface area contributed by atoms with Crippen LogP contribution in [0.2, 0.25) is 0 Å². The molecule has 0 heterocycles. The molecular weight excluding hydrogens is 211 g/mol. The maximum Gasteiger partial charge on any atom is 0.410 e. The van der Waals surface area contributed by atoms with E-state index in [1.807, 2.05) is 0 Å². The van der Waals surface area contributed by atoms with E-state index in [9.17, 15) is 9.18 Å². The fourth-order valence-corrected chi connectivity index (χ4v) is 1.00. The minimum atomic E-state index is -1.06. The first-order valence-electron chi connectivity index (χ1n) is 5.47. The number of hydrogen-bond donors (Lipinski definition) is 1. The van der Waals surface area contributed by atoms with Crippen molar-refractivity contribution in [2.75, 3.05) is 13.6 Å². The van der Waals surface area contributed by atoms with E-state index in [-0.39, 0.29) is 0 Å². The zero-order valence-corrected chi connectivity index (χ0v) is 10.8. The normalized spacial score (nSPS) is 15.4. The molecule has 0 bridgehead atoms. The maximum absolute atomic E-state index is 12.8. The Hall–Kier alpha value is -0.840. The Labute approximate surface area is 96.9 Å². The number of rotatable bonds is 4. The van der Waals surface area contributed by atoms with E-state index in [0.717, 1.165) is 0 Å². The topological polar surface area (TPSA) is 55.6 Å². The SMILES string of the molecule is C[C@H](F)[C@@H](N)CCN(C)C(=O)OC(C)(C)C. The van der Waals surface area contributed by atoms with Gasteiger partial charge in [0.05, 0.1) is 0 Å². The lowest BCUT2D eigenvalue weighted by Gasteiger charge is -2.25. The molecule has 0 unspecified atom stereocenters. The summed E-state index contributed by atoms with van der Waals surface area (Å²) in [6.07, 6.45) is -1.05. The van der Waals surface area contributed by atoms with Crippen LogP contribution in [0.3, 0.4) is 0 Å². The second kappa shape index (κ2) is 6.03. The second-order valence-electron chi connectivity index (χ2n) is 5.03. The van der Waals surface area contributed by atoms with Crippen molar-refractivity contribution in [1.29, 1.82) is 0 Å². The van der Waals surface area contributed by atoms with Crippen LogP contribution in [0.1, 0.15) is 34.1 Å². The molecule has 1 amide bonds. The molecule has 5 heteroatoms. The molecule has 0 aliphatic carbocycles. The Bertz CT molecular complexity index is 227. The van der Waals surface area contributed by atoms with E-state index in [0.29, 0.717) is 13.0 Å². The monoisotopic (exact) mass is 234 g/mol. The largest absolute Gasteiger partial charge is 0.444 e. The van der Waals surface area contributed by atoms with Gasteiger partial charge in [-0.15, -0.1) is 0 Å². The molecule has 0 radical (unpaired) electrons. The molecule has 4 nitrogen and oxygen atoms in total. The first-order chi connectivity index (χ1) is 7.13. The maximum atomic E-state index is 12.8. The van der Waals surface area contributed by atoms with Gasteiger partial charge in [-0.1, -0.05) is 0 Å². The molecular formula is C11H23FN2O2. The van der Waals surface area contributed by atoms with Gasteiger partial charge in [0, 0.05) is 19.6 Å². The van der Waals surface area contributed by atoms with Gasteiger partial charge in [0.1, 0.15) is 11.8 Å². The number of halogens is 1. The van der Waals surface area contributed by atoms with E-state index in [2.05, 4.69) is 0 Å². The van der Waals surface area contributed by atoms with Crippen molar-refractivity contribution in [2.24, 2.45) is 5.73 Å². The number of nitrogens with two attached hydrogens (primary N) is 1. The van der Waals surface area contributed by atoms with Crippen LogP contribution < -0.4 is 5.73 Å². The summed E-state index contributed by atoms with van der Waals surface area (Å²) in [5, 5.41) is 0. The molecule has 0 aromatic carbocycles. The molecule has 0 saturated heterocycles. The van der Waals surface area contributed by atoms with Gasteiger partial charge in [0.15, 0.2) is 0 Å². The summed E-state index contributed by atoms with van der Waals surface area (Å²) in [5.41, 5.74) is 5.03. The van der Waals surface area contributed by atoms with Crippen molar-refractivity contribution in [2.45, 2.75) is 51.9 Å². The number of amides is 1. The Morgan fingerprint density at radius 2 is 2.00 bits per heavy atom. The van der Waals surface area contributed by atoms with E-state index < -0.39 is 23.9 Å². The van der Waals surface area contributed by atoms with Gasteiger partial charge in [-0.25, -0.2) is 9.18 Å². The standard InChI is InChI=1S/C11H23FN2O2/c1-8(12)9(13)6-7-14(5)10(15)16-11(2,3)4/h8-9H,6-7,13H2,1-5H3/t8-,9-/m0/s1. The summed E-state index contributed by atoms with van der Waals surface area (Å²) < 4.78 is 17.9. The summed E-state index contributed by atoms with van der Waals surface area (Å²) in [6.45, 7) is 7.21. The van der Waals surface area contributed by atoms with Gasteiger partial charge >= 0.3 is 6.09 Å². The molecule has 0 aromatic heterocycles. The van der Waals surface area contributed by atoms with Gasteiger partial charge in [0.25, 0.3) is 0 Å². The minimum Gasteiger partial charge on any atom is -0.444 e. The van der Waals surface area contributed by atoms with Gasteiger partial charge in [-0.05, 0) is 34.1 Å². The molecule has 0 fully saturated rings. The molecule has 2 N–H and O–H groups in total. The van der Waals surface area contributed by atoms with Crippen molar-refractivity contribution in [3.05, 3.63) is 0 Å². The molecule has 0 rings (SSSR count). The third kappa shape index (κ3) is 6.61. The van der Waals surface area contributed by atoms with E-state index in [1.165, 1.54) is 11.8 Å². The number of carbonyl (C=O) groups excluding carboxylic acids is 1. The quantitative estimate of drug-likeness (QED) is 0.808. The van der Waals surface area contributed by atoms with Crippen LogP contribution in [-0.4, -0.2) is 42.4 Å². The molecule has 0 spiro atoms. The average Bonchev–Trinajstić information content (AvgIpc) is 2.10. The minimum absolute atomic E-state index is 0.393. The van der Waals surface area contributed by atoms with Gasteiger partial charge in [0.2, 0.25) is 0 Å². The zero-order valence-electron chi connectivity index (χ0n) is 10.8. The first kappa shape index (κ1) is 15.2. The van der Waals surface area contributed by atoms with E-state index in [1.54, 1.807) is 27.8 Å². The summed E-state index contributed by atoms with van der Waals surface area (Å²) in [7, 11) is 1.61. The van der Waals surface area contributed by atoms with Crippen molar-refractivity contribution in [3.63, 3.8) is 0 Å². The Kier molecular flexibility index (Phi) is 5.72. The zero-order chi connectivity index (χ0) is 12.9. The first-order valence-corrected chi connectivity index (χ1v) is 5.47.